The first kappa shape index (κ1) is 13.1. The molecule has 0 radical (unpaired) electrons. The minimum absolute atomic E-state index is 0.101. The van der Waals surface area contributed by atoms with Crippen LogP contribution in [-0.4, -0.2) is 45.5 Å². The first-order valence-electron chi connectivity index (χ1n) is 6.98. The lowest BCUT2D eigenvalue weighted by atomic mass is 9.97. The van der Waals surface area contributed by atoms with E-state index in [4.69, 9.17) is 0 Å². The maximum Gasteiger partial charge on any atom is 0.224 e. The second kappa shape index (κ2) is 5.58. The fourth-order valence-corrected chi connectivity index (χ4v) is 2.74. The van der Waals surface area contributed by atoms with Gasteiger partial charge in [0.05, 0.1) is 18.2 Å². The number of nitrogens with zero attached hydrogens (tertiary/aromatic N) is 4. The number of fused-ring (bicyclic) bond motifs is 1. The van der Waals surface area contributed by atoms with Gasteiger partial charge in [-0.3, -0.25) is 4.79 Å². The Morgan fingerprint density at radius 1 is 1.50 bits per heavy atom. The lowest BCUT2D eigenvalue weighted by Crippen LogP contribution is -2.41. The van der Waals surface area contributed by atoms with Crippen LogP contribution in [0.4, 0.5) is 0 Å². The number of carbonyl (C=O) groups is 1. The summed E-state index contributed by atoms with van der Waals surface area (Å²) in [6.07, 6.45) is 3.59. The van der Waals surface area contributed by atoms with E-state index in [1.807, 2.05) is 18.2 Å². The Hall–Kier alpha value is -1.95. The van der Waals surface area contributed by atoms with Crippen molar-refractivity contribution >= 4 is 11.6 Å². The topological polar surface area (TPSA) is 62.5 Å². The molecule has 0 saturated carbocycles. The Kier molecular flexibility index (Phi) is 3.64. The number of piperidine rings is 1. The Morgan fingerprint density at radius 3 is 3.25 bits per heavy atom. The molecule has 0 aromatic carbocycles. The number of hydrogen-bond donors (Lipinski definition) is 1. The standard InChI is InChI=1S/C14H19N5O/c1-18-7-3-4-11(9-18)14(20)15-8-12-5-2-6-13-16-10-17-19(12)13/h2,5-6,10-11H,3-4,7-9H2,1H3,(H,15,20). The van der Waals surface area contributed by atoms with Crippen LogP contribution >= 0.6 is 0 Å². The van der Waals surface area contributed by atoms with E-state index in [1.54, 1.807) is 4.52 Å². The molecule has 6 heteroatoms. The summed E-state index contributed by atoms with van der Waals surface area (Å²) in [7, 11) is 2.07. The van der Waals surface area contributed by atoms with Crippen molar-refractivity contribution in [1.29, 1.82) is 0 Å². The predicted octanol–water partition coefficient (Wildman–Crippen LogP) is 0.687. The highest BCUT2D eigenvalue weighted by Crippen LogP contribution is 2.15. The van der Waals surface area contributed by atoms with Crippen LogP contribution in [0.3, 0.4) is 0 Å². The van der Waals surface area contributed by atoms with Gasteiger partial charge >= 0.3 is 0 Å². The molecule has 2 aromatic heterocycles. The van der Waals surface area contributed by atoms with Crippen LogP contribution in [0.15, 0.2) is 24.5 Å². The Balaban J connectivity index is 1.64. The number of rotatable bonds is 3. The number of aromatic nitrogens is 3. The molecule has 3 rings (SSSR count). The molecule has 1 amide bonds. The van der Waals surface area contributed by atoms with Crippen molar-refractivity contribution < 1.29 is 4.79 Å². The summed E-state index contributed by atoms with van der Waals surface area (Å²) in [6.45, 7) is 2.42. The highest BCUT2D eigenvalue weighted by atomic mass is 16.1. The van der Waals surface area contributed by atoms with E-state index in [9.17, 15) is 4.79 Å². The molecule has 6 nitrogen and oxygen atoms in total. The smallest absolute Gasteiger partial charge is 0.224 e. The van der Waals surface area contributed by atoms with E-state index in [2.05, 4.69) is 27.3 Å². The van der Waals surface area contributed by atoms with Crippen molar-refractivity contribution in [2.45, 2.75) is 19.4 Å². The zero-order valence-electron chi connectivity index (χ0n) is 11.6. The fraction of sp³-hybridized carbons (Fsp3) is 0.500. The van der Waals surface area contributed by atoms with E-state index in [0.717, 1.165) is 37.3 Å². The summed E-state index contributed by atoms with van der Waals surface area (Å²) in [5.41, 5.74) is 1.74. The first-order valence-corrected chi connectivity index (χ1v) is 6.98. The van der Waals surface area contributed by atoms with Gasteiger partial charge in [-0.2, -0.15) is 5.10 Å². The van der Waals surface area contributed by atoms with Gasteiger partial charge in [0.2, 0.25) is 5.91 Å². The van der Waals surface area contributed by atoms with Crippen molar-refractivity contribution in [1.82, 2.24) is 24.8 Å². The lowest BCUT2D eigenvalue weighted by Gasteiger charge is -2.28. The maximum atomic E-state index is 12.2. The van der Waals surface area contributed by atoms with Crippen LogP contribution in [0.5, 0.6) is 0 Å². The van der Waals surface area contributed by atoms with Gasteiger partial charge in [0.15, 0.2) is 5.65 Å². The summed E-state index contributed by atoms with van der Waals surface area (Å²) in [5, 5.41) is 7.18. The normalized spacial score (nSPS) is 20.1. The fourth-order valence-electron chi connectivity index (χ4n) is 2.74. The van der Waals surface area contributed by atoms with Crippen molar-refractivity contribution in [3.8, 4) is 0 Å². The van der Waals surface area contributed by atoms with Crippen LogP contribution in [0, 0.1) is 5.92 Å². The summed E-state index contributed by atoms with van der Waals surface area (Å²) in [4.78, 5) is 18.6. The predicted molar refractivity (Wildman–Crippen MR) is 75.1 cm³/mol. The van der Waals surface area contributed by atoms with Gasteiger partial charge in [0.1, 0.15) is 6.33 Å². The van der Waals surface area contributed by atoms with Gasteiger partial charge in [-0.15, -0.1) is 0 Å². The van der Waals surface area contributed by atoms with E-state index >= 15 is 0 Å². The molecule has 1 atom stereocenters. The second-order valence-corrected chi connectivity index (χ2v) is 5.37. The van der Waals surface area contributed by atoms with E-state index in [0.29, 0.717) is 6.54 Å². The van der Waals surface area contributed by atoms with Gasteiger partial charge in [-0.25, -0.2) is 9.50 Å². The molecular weight excluding hydrogens is 254 g/mol. The molecule has 1 fully saturated rings. The molecule has 3 heterocycles. The Morgan fingerprint density at radius 2 is 2.40 bits per heavy atom. The average Bonchev–Trinajstić information content (AvgIpc) is 2.93. The van der Waals surface area contributed by atoms with Crippen molar-refractivity contribution in [2.24, 2.45) is 5.92 Å². The molecule has 106 valence electrons. The first-order chi connectivity index (χ1) is 9.74. The van der Waals surface area contributed by atoms with E-state index in [-0.39, 0.29) is 11.8 Å². The molecule has 1 aliphatic heterocycles. The minimum Gasteiger partial charge on any atom is -0.350 e. The number of amides is 1. The SMILES string of the molecule is CN1CCCC(C(=O)NCc2cccc3ncnn23)C1. The van der Waals surface area contributed by atoms with Crippen LogP contribution in [-0.2, 0) is 11.3 Å². The zero-order chi connectivity index (χ0) is 13.9. The molecule has 2 aromatic rings. The van der Waals surface area contributed by atoms with Crippen LogP contribution in [0.1, 0.15) is 18.5 Å². The quantitative estimate of drug-likeness (QED) is 0.893. The zero-order valence-corrected chi connectivity index (χ0v) is 11.6. The van der Waals surface area contributed by atoms with Crippen LogP contribution in [0.2, 0.25) is 0 Å². The molecule has 1 aliphatic rings. The molecule has 0 bridgehead atoms. The maximum absolute atomic E-state index is 12.2. The van der Waals surface area contributed by atoms with Gasteiger partial charge < -0.3 is 10.2 Å². The number of likely N-dealkylation sites (tertiary alicyclic amines) is 1. The van der Waals surface area contributed by atoms with Gasteiger partial charge in [0.25, 0.3) is 0 Å². The third-order valence-electron chi connectivity index (χ3n) is 3.82. The Labute approximate surface area is 117 Å². The molecule has 0 spiro atoms. The molecule has 20 heavy (non-hydrogen) atoms. The number of hydrogen-bond acceptors (Lipinski definition) is 4. The number of pyridine rings is 1. The highest BCUT2D eigenvalue weighted by molar-refractivity contribution is 5.78. The summed E-state index contributed by atoms with van der Waals surface area (Å²) >= 11 is 0. The third-order valence-corrected chi connectivity index (χ3v) is 3.82. The Bertz CT molecular complexity index is 608. The second-order valence-electron chi connectivity index (χ2n) is 5.37. The molecule has 1 unspecified atom stereocenters. The molecular formula is C14H19N5O. The van der Waals surface area contributed by atoms with Crippen LogP contribution < -0.4 is 5.32 Å². The summed E-state index contributed by atoms with van der Waals surface area (Å²) in [6, 6.07) is 5.78. The average molecular weight is 273 g/mol. The van der Waals surface area contributed by atoms with Crippen LogP contribution in [0.25, 0.3) is 5.65 Å². The van der Waals surface area contributed by atoms with Crippen molar-refractivity contribution in [3.05, 3.63) is 30.2 Å². The summed E-state index contributed by atoms with van der Waals surface area (Å²) < 4.78 is 1.76. The van der Waals surface area contributed by atoms with E-state index < -0.39 is 0 Å². The largest absolute Gasteiger partial charge is 0.350 e. The summed E-state index contributed by atoms with van der Waals surface area (Å²) in [5.74, 6) is 0.234. The third kappa shape index (κ3) is 2.65. The minimum atomic E-state index is 0.101. The number of nitrogens with one attached hydrogen (secondary N) is 1. The highest BCUT2D eigenvalue weighted by Gasteiger charge is 2.23. The van der Waals surface area contributed by atoms with Crippen molar-refractivity contribution in [3.63, 3.8) is 0 Å². The lowest BCUT2D eigenvalue weighted by molar-refractivity contribution is -0.126. The van der Waals surface area contributed by atoms with Gasteiger partial charge in [0, 0.05) is 6.54 Å². The number of carbonyl (C=O) groups excluding carboxylic acids is 1. The molecule has 1 saturated heterocycles. The van der Waals surface area contributed by atoms with Crippen molar-refractivity contribution in [2.75, 3.05) is 20.1 Å². The molecule has 0 aliphatic carbocycles. The van der Waals surface area contributed by atoms with E-state index in [1.165, 1.54) is 6.33 Å². The van der Waals surface area contributed by atoms with Gasteiger partial charge in [-0.1, -0.05) is 6.07 Å². The molecule has 1 N–H and O–H groups in total. The van der Waals surface area contributed by atoms with Gasteiger partial charge in [-0.05, 0) is 38.6 Å². The monoisotopic (exact) mass is 273 g/mol.